The van der Waals surface area contributed by atoms with Crippen LogP contribution in [0.5, 0.6) is 0 Å². The molecular formula is C22H24N2O4. The minimum atomic E-state index is -0.675. The van der Waals surface area contributed by atoms with Gasteiger partial charge in [0.2, 0.25) is 0 Å². The number of ketones is 1. The van der Waals surface area contributed by atoms with Crippen LogP contribution in [-0.2, 0) is 22.6 Å². The van der Waals surface area contributed by atoms with Crippen molar-refractivity contribution < 1.29 is 19.1 Å². The van der Waals surface area contributed by atoms with Gasteiger partial charge in [0.15, 0.2) is 0 Å². The molecule has 2 aromatic carbocycles. The van der Waals surface area contributed by atoms with E-state index in [1.54, 1.807) is 39.0 Å². The maximum absolute atomic E-state index is 12.9. The Hall–Kier alpha value is -3.15. The van der Waals surface area contributed by atoms with Crippen molar-refractivity contribution in [2.75, 3.05) is 5.32 Å². The highest BCUT2D eigenvalue weighted by molar-refractivity contribution is 6.44. The Morgan fingerprint density at radius 1 is 1.00 bits per heavy atom. The Kier molecular flexibility index (Phi) is 5.23. The van der Waals surface area contributed by atoms with Crippen molar-refractivity contribution in [2.45, 2.75) is 46.4 Å². The highest BCUT2D eigenvalue weighted by Crippen LogP contribution is 2.25. The highest BCUT2D eigenvalue weighted by Gasteiger charge is 2.30. The number of Topliss-reactive ketones (excluding diaryl/α,β-unsaturated/α-hetero) is 1. The number of hydrogen-bond acceptors (Lipinski definition) is 4. The van der Waals surface area contributed by atoms with Gasteiger partial charge in [-0.05, 0) is 51.0 Å². The van der Waals surface area contributed by atoms with Crippen molar-refractivity contribution in [3.05, 3.63) is 64.7 Å². The standard InChI is InChI=1S/C22H24N2O4/c1-14-9-10-18(23-21(27)28-22(2,3)4)17(11-14)19(25)20(26)24-12-15-7-5-6-8-16(15)13-24/h5-11H,12-13H2,1-4H3,(H,23,27). The molecule has 6 nitrogen and oxygen atoms in total. The molecule has 0 aromatic heterocycles. The Labute approximate surface area is 164 Å². The van der Waals surface area contributed by atoms with E-state index in [1.807, 2.05) is 31.2 Å². The van der Waals surface area contributed by atoms with Crippen molar-refractivity contribution in [3.63, 3.8) is 0 Å². The van der Waals surface area contributed by atoms with Gasteiger partial charge in [-0.3, -0.25) is 14.9 Å². The number of ether oxygens (including phenoxy) is 1. The maximum Gasteiger partial charge on any atom is 0.412 e. The third-order valence-corrected chi connectivity index (χ3v) is 4.38. The Morgan fingerprint density at radius 3 is 2.18 bits per heavy atom. The molecule has 1 aliphatic rings. The first-order valence-electron chi connectivity index (χ1n) is 9.15. The molecule has 2 aromatic rings. The van der Waals surface area contributed by atoms with Crippen molar-refractivity contribution in [1.29, 1.82) is 0 Å². The number of amides is 2. The summed E-state index contributed by atoms with van der Waals surface area (Å²) in [5, 5.41) is 2.59. The van der Waals surface area contributed by atoms with Crippen LogP contribution in [0.1, 0.15) is 47.8 Å². The molecule has 1 heterocycles. The van der Waals surface area contributed by atoms with Crippen molar-refractivity contribution in [3.8, 4) is 0 Å². The van der Waals surface area contributed by atoms with Crippen molar-refractivity contribution >= 4 is 23.5 Å². The van der Waals surface area contributed by atoms with Gasteiger partial charge < -0.3 is 9.64 Å². The second kappa shape index (κ2) is 7.46. The highest BCUT2D eigenvalue weighted by atomic mass is 16.6. The van der Waals surface area contributed by atoms with Gasteiger partial charge in [0.1, 0.15) is 5.60 Å². The topological polar surface area (TPSA) is 75.7 Å². The van der Waals surface area contributed by atoms with Crippen LogP contribution in [0.3, 0.4) is 0 Å². The minimum absolute atomic E-state index is 0.159. The first-order chi connectivity index (χ1) is 13.1. The normalized spacial score (nSPS) is 13.1. The molecule has 6 heteroatoms. The summed E-state index contributed by atoms with van der Waals surface area (Å²) < 4.78 is 5.25. The van der Waals surface area contributed by atoms with Crippen LogP contribution in [0, 0.1) is 6.92 Å². The average Bonchev–Trinajstić information content (AvgIpc) is 3.04. The average molecular weight is 380 g/mol. The summed E-state index contributed by atoms with van der Waals surface area (Å²) in [5.74, 6) is -1.24. The maximum atomic E-state index is 12.9. The van der Waals surface area contributed by atoms with E-state index in [0.29, 0.717) is 13.1 Å². The molecule has 0 fully saturated rings. The lowest BCUT2D eigenvalue weighted by molar-refractivity contribution is -0.127. The summed E-state index contributed by atoms with van der Waals surface area (Å²) in [5.41, 5.74) is 2.65. The molecule has 2 amide bonds. The molecule has 146 valence electrons. The second-order valence-electron chi connectivity index (χ2n) is 7.93. The van der Waals surface area contributed by atoms with E-state index < -0.39 is 23.4 Å². The van der Waals surface area contributed by atoms with Crippen LogP contribution in [0.25, 0.3) is 0 Å². The largest absolute Gasteiger partial charge is 0.444 e. The zero-order valence-corrected chi connectivity index (χ0v) is 16.5. The fourth-order valence-electron chi connectivity index (χ4n) is 3.10. The van der Waals surface area contributed by atoms with Crippen LogP contribution >= 0.6 is 0 Å². The van der Waals surface area contributed by atoms with Crippen LogP contribution in [0.4, 0.5) is 10.5 Å². The fourth-order valence-corrected chi connectivity index (χ4v) is 3.10. The van der Waals surface area contributed by atoms with Gasteiger partial charge in [-0.1, -0.05) is 35.9 Å². The van der Waals surface area contributed by atoms with E-state index in [2.05, 4.69) is 5.32 Å². The predicted molar refractivity (Wildman–Crippen MR) is 106 cm³/mol. The number of hydrogen-bond donors (Lipinski definition) is 1. The molecule has 0 spiro atoms. The molecule has 3 rings (SSSR count). The van der Waals surface area contributed by atoms with Crippen LogP contribution in [0.2, 0.25) is 0 Å². The smallest absolute Gasteiger partial charge is 0.412 e. The molecule has 0 saturated heterocycles. The lowest BCUT2D eigenvalue weighted by Crippen LogP contribution is -2.33. The Bertz CT molecular complexity index is 919. The van der Waals surface area contributed by atoms with Gasteiger partial charge >= 0.3 is 6.09 Å². The third kappa shape index (κ3) is 4.39. The SMILES string of the molecule is Cc1ccc(NC(=O)OC(C)(C)C)c(C(=O)C(=O)N2Cc3ccccc3C2)c1. The molecule has 1 aliphatic heterocycles. The van der Waals surface area contributed by atoms with Gasteiger partial charge in [-0.25, -0.2) is 4.79 Å². The Morgan fingerprint density at radius 2 is 1.61 bits per heavy atom. The lowest BCUT2D eigenvalue weighted by atomic mass is 10.0. The summed E-state index contributed by atoms with van der Waals surface area (Å²) in [6.45, 7) is 7.89. The molecule has 28 heavy (non-hydrogen) atoms. The van der Waals surface area contributed by atoms with Gasteiger partial charge in [-0.2, -0.15) is 0 Å². The summed E-state index contributed by atoms with van der Waals surface area (Å²) in [4.78, 5) is 39.4. The number of benzene rings is 2. The molecule has 0 unspecified atom stereocenters. The number of anilines is 1. The van der Waals surface area contributed by atoms with Crippen molar-refractivity contribution in [1.82, 2.24) is 4.90 Å². The van der Waals surface area contributed by atoms with Crippen molar-refractivity contribution in [2.24, 2.45) is 0 Å². The van der Waals surface area contributed by atoms with Gasteiger partial charge in [0.25, 0.3) is 11.7 Å². The molecule has 0 atom stereocenters. The van der Waals surface area contributed by atoms with Gasteiger partial charge in [0, 0.05) is 13.1 Å². The van der Waals surface area contributed by atoms with E-state index in [-0.39, 0.29) is 11.3 Å². The Balaban J connectivity index is 1.80. The second-order valence-corrected chi connectivity index (χ2v) is 7.93. The number of nitrogens with one attached hydrogen (secondary N) is 1. The first-order valence-corrected chi connectivity index (χ1v) is 9.15. The summed E-state index contributed by atoms with van der Waals surface area (Å²) in [6, 6.07) is 12.7. The number of carbonyl (C=O) groups is 3. The predicted octanol–water partition coefficient (Wildman–Crippen LogP) is 4.07. The molecule has 0 bridgehead atoms. The van der Waals surface area contributed by atoms with Crippen LogP contribution in [0.15, 0.2) is 42.5 Å². The number of nitrogens with zero attached hydrogens (tertiary/aromatic N) is 1. The minimum Gasteiger partial charge on any atom is -0.444 e. The quantitative estimate of drug-likeness (QED) is 0.643. The van der Waals surface area contributed by atoms with Crippen LogP contribution in [-0.4, -0.2) is 28.3 Å². The molecule has 0 radical (unpaired) electrons. The molecule has 0 saturated carbocycles. The number of carbonyl (C=O) groups excluding carboxylic acids is 3. The molecule has 1 N–H and O–H groups in total. The third-order valence-electron chi connectivity index (χ3n) is 4.38. The van der Waals surface area contributed by atoms with Gasteiger partial charge in [-0.15, -0.1) is 0 Å². The van der Waals surface area contributed by atoms with E-state index in [1.165, 1.54) is 4.90 Å². The van der Waals surface area contributed by atoms with E-state index in [9.17, 15) is 14.4 Å². The fraction of sp³-hybridized carbons (Fsp3) is 0.318. The van der Waals surface area contributed by atoms with E-state index in [0.717, 1.165) is 16.7 Å². The molecule has 0 aliphatic carbocycles. The lowest BCUT2D eigenvalue weighted by Gasteiger charge is -2.21. The van der Waals surface area contributed by atoms with E-state index in [4.69, 9.17) is 4.74 Å². The number of fused-ring (bicyclic) bond motifs is 1. The first kappa shape index (κ1) is 19.6. The molecular weight excluding hydrogens is 356 g/mol. The van der Waals surface area contributed by atoms with Crippen LogP contribution < -0.4 is 5.32 Å². The van der Waals surface area contributed by atoms with E-state index >= 15 is 0 Å². The summed E-state index contributed by atoms with van der Waals surface area (Å²) in [7, 11) is 0. The summed E-state index contributed by atoms with van der Waals surface area (Å²) in [6.07, 6.45) is -0.675. The summed E-state index contributed by atoms with van der Waals surface area (Å²) >= 11 is 0. The number of aryl methyl sites for hydroxylation is 1. The zero-order valence-electron chi connectivity index (χ0n) is 16.5. The zero-order chi connectivity index (χ0) is 20.5. The monoisotopic (exact) mass is 380 g/mol. The number of rotatable bonds is 3. The van der Waals surface area contributed by atoms with Gasteiger partial charge in [0.05, 0.1) is 11.3 Å².